The van der Waals surface area contributed by atoms with Crippen molar-refractivity contribution in [3.05, 3.63) is 59.2 Å². The predicted octanol–water partition coefficient (Wildman–Crippen LogP) is 6.19. The molecule has 0 saturated heterocycles. The lowest BCUT2D eigenvalue weighted by Gasteiger charge is -2.53. The minimum Gasteiger partial charge on any atom is -0.497 e. The molecule has 0 aromatic heterocycles. The fourth-order valence-corrected chi connectivity index (χ4v) is 8.53. The lowest BCUT2D eigenvalue weighted by molar-refractivity contribution is -0.0998. The number of nitrogens with zero attached hydrogens (tertiary/aromatic N) is 1. The number of ether oxygens (including phenoxy) is 2. The van der Waals surface area contributed by atoms with Crippen molar-refractivity contribution in [1.29, 1.82) is 0 Å². The third-order valence-corrected chi connectivity index (χ3v) is 11.0. The van der Waals surface area contributed by atoms with Crippen LogP contribution in [0.3, 0.4) is 0 Å². The van der Waals surface area contributed by atoms with Crippen molar-refractivity contribution >= 4 is 15.9 Å². The molecule has 5 atom stereocenters. The second-order valence-corrected chi connectivity index (χ2v) is 13.4. The molecule has 5 rings (SSSR count). The minimum absolute atomic E-state index is 0.121. The standard InChI is InChI=1S/C31H41NO5S/c1-5-18-37-29(32-38(34,35)24-10-6-21(2)7-11-24)20-31(33)17-15-28-27-12-8-22-19-23(36-4)9-13-25(22)26(27)14-16-30(28,31)3/h6-7,9-11,13,19,26-28,33H,5,8,12,14-18,20H2,1-4H3/b32-29+/t26-,27-,28+,30+,31-/m1/s1. The number of aryl methyl sites for hydroxylation is 2. The second-order valence-electron chi connectivity index (χ2n) is 11.8. The molecule has 0 spiro atoms. The average Bonchev–Trinajstić information content (AvgIpc) is 3.16. The largest absolute Gasteiger partial charge is 0.497 e. The lowest BCUT2D eigenvalue weighted by Crippen LogP contribution is -2.51. The van der Waals surface area contributed by atoms with E-state index >= 15 is 0 Å². The van der Waals surface area contributed by atoms with Gasteiger partial charge in [0.2, 0.25) is 5.90 Å². The highest BCUT2D eigenvalue weighted by Crippen LogP contribution is 2.65. The topological polar surface area (TPSA) is 85.2 Å². The van der Waals surface area contributed by atoms with Gasteiger partial charge in [-0.2, -0.15) is 8.42 Å². The molecule has 0 aliphatic heterocycles. The van der Waals surface area contributed by atoms with Gasteiger partial charge in [0.25, 0.3) is 10.0 Å². The van der Waals surface area contributed by atoms with Crippen LogP contribution in [0.25, 0.3) is 0 Å². The van der Waals surface area contributed by atoms with Gasteiger partial charge >= 0.3 is 0 Å². The first-order chi connectivity index (χ1) is 18.1. The molecule has 0 unspecified atom stereocenters. The predicted molar refractivity (Wildman–Crippen MR) is 149 cm³/mol. The maximum absolute atomic E-state index is 13.2. The van der Waals surface area contributed by atoms with Crippen LogP contribution in [0.1, 0.15) is 81.4 Å². The summed E-state index contributed by atoms with van der Waals surface area (Å²) in [4.78, 5) is 0.140. The van der Waals surface area contributed by atoms with E-state index in [0.717, 1.165) is 49.8 Å². The highest BCUT2D eigenvalue weighted by molar-refractivity contribution is 7.90. The van der Waals surface area contributed by atoms with Crippen LogP contribution in [0.15, 0.2) is 51.8 Å². The summed E-state index contributed by atoms with van der Waals surface area (Å²) in [5.74, 6) is 2.42. The normalized spacial score (nSPS) is 30.8. The zero-order chi connectivity index (χ0) is 27.1. The molecule has 38 heavy (non-hydrogen) atoms. The molecule has 3 aliphatic rings. The fourth-order valence-electron chi connectivity index (χ4n) is 7.56. The quantitative estimate of drug-likeness (QED) is 0.335. The summed E-state index contributed by atoms with van der Waals surface area (Å²) in [5, 5.41) is 12.2. The van der Waals surface area contributed by atoms with Crippen LogP contribution in [0, 0.1) is 24.2 Å². The molecule has 2 aromatic rings. The van der Waals surface area contributed by atoms with Crippen molar-refractivity contribution in [3.63, 3.8) is 0 Å². The van der Waals surface area contributed by atoms with E-state index in [1.165, 1.54) is 11.1 Å². The number of hydrogen-bond acceptors (Lipinski definition) is 5. The van der Waals surface area contributed by atoms with Crippen molar-refractivity contribution in [2.24, 2.45) is 21.6 Å². The molecule has 3 aliphatic carbocycles. The summed E-state index contributed by atoms with van der Waals surface area (Å²) in [6, 6.07) is 13.2. The Labute approximate surface area is 227 Å². The van der Waals surface area contributed by atoms with Gasteiger partial charge in [-0.15, -0.1) is 4.40 Å². The molecule has 1 N–H and O–H groups in total. The van der Waals surface area contributed by atoms with E-state index in [9.17, 15) is 13.5 Å². The molecule has 6 nitrogen and oxygen atoms in total. The Kier molecular flexibility index (Phi) is 7.38. The number of sulfonamides is 1. The highest BCUT2D eigenvalue weighted by atomic mass is 32.2. The zero-order valence-electron chi connectivity index (χ0n) is 23.1. The van der Waals surface area contributed by atoms with Crippen molar-refractivity contribution in [2.45, 2.75) is 88.6 Å². The second kappa shape index (κ2) is 10.3. The Hall–Kier alpha value is -2.38. The summed E-state index contributed by atoms with van der Waals surface area (Å²) in [6.45, 7) is 6.48. The SMILES string of the molecule is CCCO/C(C[C@]1(O)CC[C@H]2[C@@H]3CCc4cc(OC)ccc4[C@H]3CC[C@@]21C)=N/S(=O)(=O)c1ccc(C)cc1. The number of aliphatic hydroxyl groups is 1. The van der Waals surface area contributed by atoms with Gasteiger partial charge in [0, 0.05) is 0 Å². The molecule has 0 radical (unpaired) electrons. The molecule has 2 aromatic carbocycles. The van der Waals surface area contributed by atoms with Crippen molar-refractivity contribution < 1.29 is 23.0 Å². The van der Waals surface area contributed by atoms with Gasteiger partial charge in [-0.05, 0) is 110 Å². The van der Waals surface area contributed by atoms with E-state index in [0.29, 0.717) is 30.8 Å². The molecular weight excluding hydrogens is 498 g/mol. The fraction of sp³-hybridized carbons (Fsp3) is 0.581. The smallest absolute Gasteiger partial charge is 0.285 e. The van der Waals surface area contributed by atoms with Crippen molar-refractivity contribution in [3.8, 4) is 5.75 Å². The van der Waals surface area contributed by atoms with E-state index < -0.39 is 15.6 Å². The average molecular weight is 540 g/mol. The van der Waals surface area contributed by atoms with Gasteiger partial charge in [-0.3, -0.25) is 0 Å². The maximum atomic E-state index is 13.2. The number of fused-ring (bicyclic) bond motifs is 5. The monoisotopic (exact) mass is 539 g/mol. The van der Waals surface area contributed by atoms with Crippen LogP contribution in [0.2, 0.25) is 0 Å². The summed E-state index contributed by atoms with van der Waals surface area (Å²) in [6.07, 6.45) is 6.47. The molecule has 206 valence electrons. The van der Waals surface area contributed by atoms with Crippen molar-refractivity contribution in [1.82, 2.24) is 0 Å². The Morgan fingerprint density at radius 3 is 2.58 bits per heavy atom. The van der Waals surface area contributed by atoms with Crippen LogP contribution in [-0.4, -0.2) is 38.7 Å². The van der Waals surface area contributed by atoms with Crippen LogP contribution >= 0.6 is 0 Å². The van der Waals surface area contributed by atoms with Gasteiger partial charge < -0.3 is 14.6 Å². The maximum Gasteiger partial charge on any atom is 0.285 e. The van der Waals surface area contributed by atoms with Crippen LogP contribution in [-0.2, 0) is 21.2 Å². The zero-order valence-corrected chi connectivity index (χ0v) is 23.9. The summed E-state index contributed by atoms with van der Waals surface area (Å²) >= 11 is 0. The van der Waals surface area contributed by atoms with E-state index in [2.05, 4.69) is 29.5 Å². The lowest BCUT2D eigenvalue weighted by atomic mass is 9.53. The summed E-state index contributed by atoms with van der Waals surface area (Å²) < 4.78 is 41.8. The number of hydrogen-bond donors (Lipinski definition) is 1. The van der Waals surface area contributed by atoms with Gasteiger partial charge in [0.05, 0.1) is 30.6 Å². The van der Waals surface area contributed by atoms with Gasteiger partial charge in [0.1, 0.15) is 5.75 Å². The van der Waals surface area contributed by atoms with Gasteiger partial charge in [-0.1, -0.05) is 37.6 Å². The number of rotatable bonds is 7. The molecular formula is C31H41NO5S. The van der Waals surface area contributed by atoms with Crippen LogP contribution in [0.5, 0.6) is 5.75 Å². The van der Waals surface area contributed by atoms with Gasteiger partial charge in [0.15, 0.2) is 0 Å². The Morgan fingerprint density at radius 2 is 1.87 bits per heavy atom. The molecule has 2 saturated carbocycles. The number of methoxy groups -OCH3 is 1. The third-order valence-electron chi connectivity index (χ3n) is 9.71. The highest BCUT2D eigenvalue weighted by Gasteiger charge is 2.61. The Bertz CT molecular complexity index is 1300. The summed E-state index contributed by atoms with van der Waals surface area (Å²) in [7, 11) is -2.23. The van der Waals surface area contributed by atoms with E-state index in [1.54, 1.807) is 31.4 Å². The Morgan fingerprint density at radius 1 is 1.11 bits per heavy atom. The number of benzene rings is 2. The first-order valence-corrected chi connectivity index (χ1v) is 15.5. The van der Waals surface area contributed by atoms with E-state index in [4.69, 9.17) is 9.47 Å². The molecule has 0 bridgehead atoms. The Balaban J connectivity index is 1.41. The minimum atomic E-state index is -3.94. The molecule has 0 amide bonds. The van der Waals surface area contributed by atoms with Crippen LogP contribution in [0.4, 0.5) is 0 Å². The molecule has 2 fully saturated rings. The molecule has 7 heteroatoms. The summed E-state index contributed by atoms with van der Waals surface area (Å²) in [5.41, 5.74) is 2.44. The van der Waals surface area contributed by atoms with Crippen LogP contribution < -0.4 is 4.74 Å². The first kappa shape index (κ1) is 27.2. The van der Waals surface area contributed by atoms with Gasteiger partial charge in [-0.25, -0.2) is 0 Å². The van der Waals surface area contributed by atoms with Crippen molar-refractivity contribution in [2.75, 3.05) is 13.7 Å². The first-order valence-electron chi connectivity index (χ1n) is 14.0. The van der Waals surface area contributed by atoms with E-state index in [-0.39, 0.29) is 22.6 Å². The third kappa shape index (κ3) is 4.77. The van der Waals surface area contributed by atoms with E-state index in [1.807, 2.05) is 13.8 Å². The molecule has 0 heterocycles.